The first kappa shape index (κ1) is 7.97. The fraction of sp³-hybridized carbons (Fsp3) is 0.375. The zero-order chi connectivity index (χ0) is 9.42. The molecule has 0 aliphatic heterocycles. The maximum atomic E-state index is 11.4. The Morgan fingerprint density at radius 1 is 1.38 bits per heavy atom. The monoisotopic (exact) mass is 178 g/mol. The molecule has 0 amide bonds. The van der Waals surface area contributed by atoms with Crippen LogP contribution in [0.1, 0.15) is 19.9 Å². The Morgan fingerprint density at radius 3 is 2.77 bits per heavy atom. The van der Waals surface area contributed by atoms with Gasteiger partial charge in [-0.2, -0.15) is 0 Å². The molecule has 1 N–H and O–H groups in total. The molecule has 0 unspecified atom stereocenters. The van der Waals surface area contributed by atoms with Crippen molar-refractivity contribution in [1.29, 1.82) is 0 Å². The first-order valence-electron chi connectivity index (χ1n) is 4.11. The van der Waals surface area contributed by atoms with Crippen LogP contribution < -0.4 is 5.69 Å². The standard InChI is InChI=1S/C8H10N4O/c1-5(2)12-7-6(11-8(12)13)9-3-4-10-7/h3-5H,1-2H3,(H,9,11,13). The summed E-state index contributed by atoms with van der Waals surface area (Å²) >= 11 is 0. The number of imidazole rings is 1. The van der Waals surface area contributed by atoms with E-state index in [4.69, 9.17) is 0 Å². The van der Waals surface area contributed by atoms with Crippen LogP contribution in [0.2, 0.25) is 0 Å². The molecule has 5 nitrogen and oxygen atoms in total. The third-order valence-corrected chi connectivity index (χ3v) is 1.87. The van der Waals surface area contributed by atoms with E-state index in [-0.39, 0.29) is 11.7 Å². The van der Waals surface area contributed by atoms with Gasteiger partial charge in [0.25, 0.3) is 0 Å². The lowest BCUT2D eigenvalue weighted by Gasteiger charge is -2.04. The molecule has 2 aromatic heterocycles. The second kappa shape index (κ2) is 2.69. The molecule has 13 heavy (non-hydrogen) atoms. The van der Waals surface area contributed by atoms with Crippen LogP contribution in [0.5, 0.6) is 0 Å². The van der Waals surface area contributed by atoms with Gasteiger partial charge in [-0.1, -0.05) is 0 Å². The van der Waals surface area contributed by atoms with Gasteiger partial charge >= 0.3 is 5.69 Å². The molecule has 0 atom stereocenters. The molecule has 2 heterocycles. The molecule has 0 saturated heterocycles. The molecule has 0 radical (unpaired) electrons. The number of aromatic amines is 1. The van der Waals surface area contributed by atoms with Crippen LogP contribution in [0.15, 0.2) is 17.2 Å². The zero-order valence-electron chi connectivity index (χ0n) is 7.48. The van der Waals surface area contributed by atoms with Gasteiger partial charge in [0.05, 0.1) is 0 Å². The van der Waals surface area contributed by atoms with Crippen molar-refractivity contribution in [2.45, 2.75) is 19.9 Å². The average Bonchev–Trinajstić information content (AvgIpc) is 2.39. The van der Waals surface area contributed by atoms with Crippen molar-refractivity contribution >= 4 is 11.3 Å². The smallest absolute Gasteiger partial charge is 0.289 e. The maximum absolute atomic E-state index is 11.4. The molecule has 5 heteroatoms. The van der Waals surface area contributed by atoms with E-state index in [1.807, 2.05) is 13.8 Å². The van der Waals surface area contributed by atoms with Crippen molar-refractivity contribution < 1.29 is 0 Å². The van der Waals surface area contributed by atoms with Crippen molar-refractivity contribution in [2.75, 3.05) is 0 Å². The lowest BCUT2D eigenvalue weighted by Crippen LogP contribution is -2.18. The summed E-state index contributed by atoms with van der Waals surface area (Å²) in [7, 11) is 0. The molecule has 2 rings (SSSR count). The van der Waals surface area contributed by atoms with Gasteiger partial charge in [-0.25, -0.2) is 14.8 Å². The van der Waals surface area contributed by atoms with Gasteiger partial charge in [0.15, 0.2) is 11.3 Å². The molecule has 0 aromatic carbocycles. The van der Waals surface area contributed by atoms with Gasteiger partial charge in [-0.05, 0) is 13.8 Å². The quantitative estimate of drug-likeness (QED) is 0.699. The van der Waals surface area contributed by atoms with Crippen molar-refractivity contribution in [3.05, 3.63) is 22.9 Å². The minimum Gasteiger partial charge on any atom is -0.289 e. The molecule has 0 fully saturated rings. The largest absolute Gasteiger partial charge is 0.329 e. The topological polar surface area (TPSA) is 63.6 Å². The van der Waals surface area contributed by atoms with E-state index < -0.39 is 0 Å². The number of nitrogens with one attached hydrogen (secondary N) is 1. The van der Waals surface area contributed by atoms with Crippen molar-refractivity contribution in [3.63, 3.8) is 0 Å². The highest BCUT2D eigenvalue weighted by molar-refractivity contribution is 5.64. The molecule has 0 aliphatic carbocycles. The van der Waals surface area contributed by atoms with Crippen LogP contribution in [0.3, 0.4) is 0 Å². The van der Waals surface area contributed by atoms with Crippen molar-refractivity contribution in [1.82, 2.24) is 19.5 Å². The Labute approximate surface area is 74.4 Å². The number of aromatic nitrogens is 4. The number of fused-ring (bicyclic) bond motifs is 1. The van der Waals surface area contributed by atoms with Crippen LogP contribution in [0.4, 0.5) is 0 Å². The average molecular weight is 178 g/mol. The SMILES string of the molecule is CC(C)n1c(=O)[nH]c2nccnc21. The highest BCUT2D eigenvalue weighted by atomic mass is 16.1. The van der Waals surface area contributed by atoms with E-state index in [1.165, 1.54) is 0 Å². The molecule has 2 aromatic rings. The van der Waals surface area contributed by atoms with Gasteiger partial charge in [0.1, 0.15) is 0 Å². The molecule has 0 spiro atoms. The Hall–Kier alpha value is -1.65. The van der Waals surface area contributed by atoms with E-state index in [9.17, 15) is 4.79 Å². The minimum absolute atomic E-state index is 0.0953. The molecule has 68 valence electrons. The molecular weight excluding hydrogens is 168 g/mol. The lowest BCUT2D eigenvalue weighted by atomic mass is 10.4. The van der Waals surface area contributed by atoms with E-state index in [0.717, 1.165) is 0 Å². The number of hydrogen-bond donors (Lipinski definition) is 1. The number of hydrogen-bond acceptors (Lipinski definition) is 3. The molecule has 0 bridgehead atoms. The number of H-pyrrole nitrogens is 1. The highest BCUT2D eigenvalue weighted by Gasteiger charge is 2.09. The van der Waals surface area contributed by atoms with Gasteiger partial charge in [-0.15, -0.1) is 0 Å². The predicted molar refractivity (Wildman–Crippen MR) is 48.5 cm³/mol. The Kier molecular flexibility index (Phi) is 1.65. The van der Waals surface area contributed by atoms with Gasteiger partial charge in [0.2, 0.25) is 0 Å². The van der Waals surface area contributed by atoms with Crippen molar-refractivity contribution in [3.8, 4) is 0 Å². The van der Waals surface area contributed by atoms with E-state index in [2.05, 4.69) is 15.0 Å². The summed E-state index contributed by atoms with van der Waals surface area (Å²) in [4.78, 5) is 22.1. The molecule has 0 aliphatic rings. The summed E-state index contributed by atoms with van der Waals surface area (Å²) < 4.78 is 1.59. The highest BCUT2D eigenvalue weighted by Crippen LogP contribution is 2.08. The third kappa shape index (κ3) is 1.12. The van der Waals surface area contributed by atoms with Crippen LogP contribution in [0, 0.1) is 0 Å². The molecule has 0 saturated carbocycles. The van der Waals surface area contributed by atoms with E-state index in [1.54, 1.807) is 17.0 Å². The fourth-order valence-electron chi connectivity index (χ4n) is 1.33. The van der Waals surface area contributed by atoms with Gasteiger partial charge < -0.3 is 0 Å². The van der Waals surface area contributed by atoms with E-state index in [0.29, 0.717) is 11.3 Å². The van der Waals surface area contributed by atoms with Crippen LogP contribution in [-0.2, 0) is 0 Å². The van der Waals surface area contributed by atoms with Crippen LogP contribution in [-0.4, -0.2) is 19.5 Å². The van der Waals surface area contributed by atoms with Crippen molar-refractivity contribution in [2.24, 2.45) is 0 Å². The summed E-state index contributed by atoms with van der Waals surface area (Å²) in [5.41, 5.74) is 1.000. The summed E-state index contributed by atoms with van der Waals surface area (Å²) in [6.45, 7) is 3.87. The Balaban J connectivity index is 2.87. The normalized spacial score (nSPS) is 11.3. The van der Waals surface area contributed by atoms with E-state index >= 15 is 0 Å². The first-order valence-corrected chi connectivity index (χ1v) is 4.11. The number of nitrogens with zero attached hydrogens (tertiary/aromatic N) is 3. The maximum Gasteiger partial charge on any atom is 0.329 e. The first-order chi connectivity index (χ1) is 6.20. The number of rotatable bonds is 1. The lowest BCUT2D eigenvalue weighted by molar-refractivity contribution is 0.593. The third-order valence-electron chi connectivity index (χ3n) is 1.87. The summed E-state index contributed by atoms with van der Waals surface area (Å²) in [5, 5.41) is 0. The summed E-state index contributed by atoms with van der Waals surface area (Å²) in [6.07, 6.45) is 3.14. The molecular formula is C8H10N4O. The predicted octanol–water partition coefficient (Wildman–Crippen LogP) is 0.700. The van der Waals surface area contributed by atoms with Gasteiger partial charge in [0, 0.05) is 18.4 Å². The van der Waals surface area contributed by atoms with Crippen LogP contribution >= 0.6 is 0 Å². The second-order valence-corrected chi connectivity index (χ2v) is 3.12. The Morgan fingerprint density at radius 2 is 2.08 bits per heavy atom. The minimum atomic E-state index is -0.156. The Bertz CT molecular complexity index is 482. The zero-order valence-corrected chi connectivity index (χ0v) is 7.48. The summed E-state index contributed by atoms with van der Waals surface area (Å²) in [6, 6.07) is 0.0953. The fourth-order valence-corrected chi connectivity index (χ4v) is 1.33. The second-order valence-electron chi connectivity index (χ2n) is 3.12. The summed E-state index contributed by atoms with van der Waals surface area (Å²) in [5.74, 6) is 0. The van der Waals surface area contributed by atoms with Crippen LogP contribution in [0.25, 0.3) is 11.3 Å². The van der Waals surface area contributed by atoms with Gasteiger partial charge in [-0.3, -0.25) is 9.55 Å².